The summed E-state index contributed by atoms with van der Waals surface area (Å²) in [7, 11) is 0. The summed E-state index contributed by atoms with van der Waals surface area (Å²) < 4.78 is 11.5. The zero-order chi connectivity index (χ0) is 21.5. The van der Waals surface area contributed by atoms with Crippen LogP contribution in [0, 0.1) is 13.8 Å². The standard InChI is InChI=1S/C23H29ClN4O2/c1-16-8-9-26-23(22(16)25)27-17(2)4-5-19-18(3)20(24)6-7-21(19)30-15-12-28-10-13-29-14-11-28/h4-9H,2,10-15,25H2,1,3H3,(H,26,27)/b5-4-. The molecule has 0 spiro atoms. The molecule has 1 aliphatic heterocycles. The van der Waals surface area contributed by atoms with Crippen LogP contribution in [0.4, 0.5) is 11.5 Å². The number of aromatic nitrogens is 1. The summed E-state index contributed by atoms with van der Waals surface area (Å²) in [5.41, 5.74) is 10.2. The van der Waals surface area contributed by atoms with Crippen molar-refractivity contribution < 1.29 is 9.47 Å². The molecule has 1 aliphatic rings. The third-order valence-corrected chi connectivity index (χ3v) is 5.53. The second kappa shape index (κ2) is 10.5. The minimum atomic E-state index is 0.592. The van der Waals surface area contributed by atoms with Gasteiger partial charge in [-0.1, -0.05) is 18.2 Å². The van der Waals surface area contributed by atoms with Gasteiger partial charge in [-0.2, -0.15) is 0 Å². The number of nitrogens with one attached hydrogen (secondary N) is 1. The number of hydrogen-bond donors (Lipinski definition) is 2. The molecule has 1 saturated heterocycles. The Kier molecular flexibility index (Phi) is 7.74. The Bertz CT molecular complexity index is 924. The smallest absolute Gasteiger partial charge is 0.153 e. The Hall–Kier alpha value is -2.54. The van der Waals surface area contributed by atoms with Gasteiger partial charge in [0.05, 0.1) is 18.9 Å². The molecule has 0 aliphatic carbocycles. The quantitative estimate of drug-likeness (QED) is 0.611. The van der Waals surface area contributed by atoms with Crippen molar-refractivity contribution in [3.8, 4) is 5.75 Å². The predicted octanol–water partition coefficient (Wildman–Crippen LogP) is 4.28. The predicted molar refractivity (Wildman–Crippen MR) is 124 cm³/mol. The molecule has 0 unspecified atom stereocenters. The first-order valence-corrected chi connectivity index (χ1v) is 10.4. The number of morpholine rings is 1. The number of nitrogen functional groups attached to an aromatic ring is 1. The molecule has 6 nitrogen and oxygen atoms in total. The van der Waals surface area contributed by atoms with Gasteiger partial charge in [-0.25, -0.2) is 4.98 Å². The maximum Gasteiger partial charge on any atom is 0.153 e. The van der Waals surface area contributed by atoms with E-state index in [9.17, 15) is 0 Å². The first kappa shape index (κ1) is 22.2. The number of anilines is 2. The zero-order valence-electron chi connectivity index (χ0n) is 17.6. The Morgan fingerprint density at radius 3 is 2.87 bits per heavy atom. The molecule has 2 heterocycles. The summed E-state index contributed by atoms with van der Waals surface area (Å²) in [4.78, 5) is 6.62. The number of pyridine rings is 1. The molecule has 0 bridgehead atoms. The van der Waals surface area contributed by atoms with Crippen LogP contribution >= 0.6 is 11.6 Å². The topological polar surface area (TPSA) is 72.6 Å². The summed E-state index contributed by atoms with van der Waals surface area (Å²) in [6, 6.07) is 5.64. The van der Waals surface area contributed by atoms with E-state index in [1.165, 1.54) is 0 Å². The first-order valence-electron chi connectivity index (χ1n) is 10.0. The van der Waals surface area contributed by atoms with Crippen LogP contribution in [0.2, 0.25) is 5.02 Å². The van der Waals surface area contributed by atoms with Crippen molar-refractivity contribution in [2.75, 3.05) is 50.5 Å². The highest BCUT2D eigenvalue weighted by molar-refractivity contribution is 6.31. The number of hydrogen-bond acceptors (Lipinski definition) is 6. The lowest BCUT2D eigenvalue weighted by Crippen LogP contribution is -2.38. The molecule has 1 aromatic heterocycles. The van der Waals surface area contributed by atoms with Crippen LogP contribution < -0.4 is 15.8 Å². The van der Waals surface area contributed by atoms with E-state index in [0.717, 1.165) is 55.3 Å². The van der Waals surface area contributed by atoms with Crippen LogP contribution in [0.3, 0.4) is 0 Å². The largest absolute Gasteiger partial charge is 0.492 e. The molecule has 0 saturated carbocycles. The van der Waals surface area contributed by atoms with Gasteiger partial charge in [0.25, 0.3) is 0 Å². The van der Waals surface area contributed by atoms with Crippen LogP contribution in [0.25, 0.3) is 6.08 Å². The van der Waals surface area contributed by atoms with Gasteiger partial charge in [0.1, 0.15) is 12.4 Å². The van der Waals surface area contributed by atoms with Crippen molar-refractivity contribution in [3.63, 3.8) is 0 Å². The normalized spacial score (nSPS) is 14.8. The van der Waals surface area contributed by atoms with Crippen molar-refractivity contribution in [1.82, 2.24) is 9.88 Å². The molecule has 3 rings (SSSR count). The van der Waals surface area contributed by atoms with Crippen LogP contribution in [-0.4, -0.2) is 49.3 Å². The van der Waals surface area contributed by atoms with Gasteiger partial charge in [-0.15, -0.1) is 0 Å². The number of benzene rings is 1. The van der Waals surface area contributed by atoms with Crippen molar-refractivity contribution >= 4 is 29.2 Å². The molecule has 1 fully saturated rings. The minimum absolute atomic E-state index is 0.592. The van der Waals surface area contributed by atoms with E-state index in [1.54, 1.807) is 6.20 Å². The highest BCUT2D eigenvalue weighted by atomic mass is 35.5. The molecule has 0 radical (unpaired) electrons. The van der Waals surface area contributed by atoms with Crippen LogP contribution in [0.5, 0.6) is 5.75 Å². The van der Waals surface area contributed by atoms with E-state index in [0.29, 0.717) is 28.8 Å². The maximum atomic E-state index is 6.35. The van der Waals surface area contributed by atoms with Gasteiger partial charge in [-0.05, 0) is 55.3 Å². The van der Waals surface area contributed by atoms with E-state index in [4.69, 9.17) is 26.8 Å². The Morgan fingerprint density at radius 1 is 1.33 bits per heavy atom. The van der Waals surface area contributed by atoms with Crippen LogP contribution in [0.1, 0.15) is 16.7 Å². The van der Waals surface area contributed by atoms with Crippen molar-refractivity contribution in [2.45, 2.75) is 13.8 Å². The lowest BCUT2D eigenvalue weighted by Gasteiger charge is -2.26. The van der Waals surface area contributed by atoms with Gasteiger partial charge in [0, 0.05) is 42.1 Å². The first-order chi connectivity index (χ1) is 14.5. The molecule has 0 atom stereocenters. The van der Waals surface area contributed by atoms with Gasteiger partial charge >= 0.3 is 0 Å². The molecular weight excluding hydrogens is 400 g/mol. The van der Waals surface area contributed by atoms with Crippen LogP contribution in [-0.2, 0) is 4.74 Å². The van der Waals surface area contributed by atoms with Gasteiger partial charge in [0.2, 0.25) is 0 Å². The average Bonchev–Trinajstić information content (AvgIpc) is 2.74. The second-order valence-corrected chi connectivity index (χ2v) is 7.67. The molecule has 30 heavy (non-hydrogen) atoms. The summed E-state index contributed by atoms with van der Waals surface area (Å²) in [5.74, 6) is 1.39. The molecule has 0 amide bonds. The molecule has 3 N–H and O–H groups in total. The van der Waals surface area contributed by atoms with Gasteiger partial charge in [-0.3, -0.25) is 4.90 Å². The summed E-state index contributed by atoms with van der Waals surface area (Å²) >= 11 is 6.35. The zero-order valence-corrected chi connectivity index (χ0v) is 18.3. The minimum Gasteiger partial charge on any atom is -0.492 e. The Labute approximate surface area is 183 Å². The Balaban J connectivity index is 1.68. The van der Waals surface area contributed by atoms with Gasteiger partial charge < -0.3 is 20.5 Å². The fraction of sp³-hybridized carbons (Fsp3) is 0.348. The van der Waals surface area contributed by atoms with Crippen LogP contribution in [0.15, 0.2) is 42.7 Å². The lowest BCUT2D eigenvalue weighted by atomic mass is 10.1. The monoisotopic (exact) mass is 428 g/mol. The second-order valence-electron chi connectivity index (χ2n) is 7.26. The number of allylic oxidation sites excluding steroid dienone is 1. The highest BCUT2D eigenvalue weighted by Gasteiger charge is 2.12. The van der Waals surface area contributed by atoms with E-state index < -0.39 is 0 Å². The van der Waals surface area contributed by atoms with E-state index in [1.807, 2.05) is 44.2 Å². The fourth-order valence-electron chi connectivity index (χ4n) is 3.17. The molecular formula is C23H29ClN4O2. The average molecular weight is 429 g/mol. The maximum absolute atomic E-state index is 6.35. The highest BCUT2D eigenvalue weighted by Crippen LogP contribution is 2.30. The fourth-order valence-corrected chi connectivity index (χ4v) is 3.33. The van der Waals surface area contributed by atoms with Crippen molar-refractivity contribution in [1.29, 1.82) is 0 Å². The van der Waals surface area contributed by atoms with Crippen molar-refractivity contribution in [3.05, 3.63) is 64.5 Å². The summed E-state index contributed by atoms with van der Waals surface area (Å²) in [6.45, 7) is 12.9. The third kappa shape index (κ3) is 5.75. The van der Waals surface area contributed by atoms with E-state index in [-0.39, 0.29) is 0 Å². The summed E-state index contributed by atoms with van der Waals surface area (Å²) in [5, 5.41) is 3.84. The molecule has 2 aromatic rings. The molecule has 7 heteroatoms. The Morgan fingerprint density at radius 2 is 2.10 bits per heavy atom. The lowest BCUT2D eigenvalue weighted by molar-refractivity contribution is 0.0322. The van der Waals surface area contributed by atoms with E-state index in [2.05, 4.69) is 21.8 Å². The number of nitrogens with two attached hydrogens (primary N) is 1. The number of rotatable bonds is 8. The van der Waals surface area contributed by atoms with Gasteiger partial charge in [0.15, 0.2) is 5.82 Å². The molecule has 1 aromatic carbocycles. The number of aryl methyl sites for hydroxylation is 1. The SMILES string of the molecule is C=C(/C=C\c1c(OCCN2CCOCC2)ccc(Cl)c1C)Nc1nccc(C)c1N. The third-order valence-electron chi connectivity index (χ3n) is 5.12. The summed E-state index contributed by atoms with van der Waals surface area (Å²) in [6.07, 6.45) is 5.54. The van der Waals surface area contributed by atoms with E-state index >= 15 is 0 Å². The van der Waals surface area contributed by atoms with Crippen molar-refractivity contribution in [2.24, 2.45) is 0 Å². The number of ether oxygens (including phenoxy) is 2. The number of nitrogens with zero attached hydrogens (tertiary/aromatic N) is 2. The molecule has 160 valence electrons. The number of halogens is 1.